The Labute approximate surface area is 210 Å². The number of carbonyl (C=O) groups excluding carboxylic acids is 1. The summed E-state index contributed by atoms with van der Waals surface area (Å²) in [4.78, 5) is 15.8. The number of carbonyl (C=O) groups is 1. The van der Waals surface area contributed by atoms with Gasteiger partial charge in [0.2, 0.25) is 0 Å². The van der Waals surface area contributed by atoms with Gasteiger partial charge < -0.3 is 14.4 Å². The van der Waals surface area contributed by atoms with Crippen molar-refractivity contribution >= 4 is 23.3 Å². The lowest BCUT2D eigenvalue weighted by molar-refractivity contribution is 0.0223. The number of hydrogen-bond acceptors (Lipinski definition) is 4. The number of nitrogens with zero attached hydrogens (tertiary/aromatic N) is 1. The van der Waals surface area contributed by atoms with E-state index in [4.69, 9.17) is 21.1 Å². The molecule has 178 valence electrons. The number of benzene rings is 3. The predicted octanol–water partition coefficient (Wildman–Crippen LogP) is 6.90. The quantitative estimate of drug-likeness (QED) is 0.324. The summed E-state index contributed by atoms with van der Waals surface area (Å²) in [6.45, 7) is 8.62. The number of ether oxygens (including phenoxy) is 2. The van der Waals surface area contributed by atoms with Crippen LogP contribution in [0.1, 0.15) is 77.4 Å². The molecular weight excluding hydrogens is 458 g/mol. The Morgan fingerprint density at radius 1 is 0.971 bits per heavy atom. The van der Waals surface area contributed by atoms with E-state index in [1.807, 2.05) is 30.3 Å². The monoisotopic (exact) mass is 485 g/mol. The zero-order chi connectivity index (χ0) is 24.1. The van der Waals surface area contributed by atoms with Crippen molar-refractivity contribution in [3.8, 4) is 11.5 Å². The SMILES string of the molecule is CC(C)(C)c1cc2c(cc1Cl)C1(OC(=O)c3ccccc31)c1cc3c4c(c1O2)CCCN4CCC3. The van der Waals surface area contributed by atoms with Crippen molar-refractivity contribution in [3.05, 3.63) is 86.4 Å². The molecule has 4 heterocycles. The van der Waals surface area contributed by atoms with E-state index in [9.17, 15) is 4.79 Å². The third-order valence-corrected chi connectivity index (χ3v) is 8.41. The number of halogens is 1. The Balaban J connectivity index is 1.59. The fourth-order valence-corrected chi connectivity index (χ4v) is 7.02. The highest BCUT2D eigenvalue weighted by Crippen LogP contribution is 2.60. The normalized spacial score (nSPS) is 21.6. The van der Waals surface area contributed by atoms with E-state index >= 15 is 0 Å². The van der Waals surface area contributed by atoms with Crippen LogP contribution in [0.2, 0.25) is 5.02 Å². The van der Waals surface area contributed by atoms with Crippen LogP contribution in [0.3, 0.4) is 0 Å². The number of aryl methyl sites for hydroxylation is 1. The molecule has 0 radical (unpaired) electrons. The van der Waals surface area contributed by atoms with Gasteiger partial charge in [0.1, 0.15) is 11.5 Å². The van der Waals surface area contributed by atoms with E-state index in [1.54, 1.807) is 0 Å². The summed E-state index contributed by atoms with van der Waals surface area (Å²) >= 11 is 6.90. The third-order valence-electron chi connectivity index (χ3n) is 8.09. The molecule has 0 saturated carbocycles. The van der Waals surface area contributed by atoms with Crippen LogP contribution >= 0.6 is 11.6 Å². The molecule has 5 heteroatoms. The summed E-state index contributed by atoms with van der Waals surface area (Å²) in [5, 5.41) is 0.661. The highest BCUT2D eigenvalue weighted by molar-refractivity contribution is 6.31. The number of esters is 1. The summed E-state index contributed by atoms with van der Waals surface area (Å²) in [6.07, 6.45) is 4.21. The van der Waals surface area contributed by atoms with Gasteiger partial charge in [0.15, 0.2) is 5.60 Å². The number of anilines is 1. The highest BCUT2D eigenvalue weighted by Gasteiger charge is 2.55. The zero-order valence-corrected chi connectivity index (χ0v) is 21.1. The number of hydrogen-bond donors (Lipinski definition) is 0. The molecule has 4 aliphatic rings. The molecule has 0 amide bonds. The molecule has 0 fully saturated rings. The number of rotatable bonds is 0. The first-order valence-corrected chi connectivity index (χ1v) is 13.0. The molecular formula is C30H28ClNO3. The van der Waals surface area contributed by atoms with Crippen LogP contribution in [0.25, 0.3) is 0 Å². The molecule has 4 aliphatic heterocycles. The average Bonchev–Trinajstić information content (AvgIpc) is 3.13. The van der Waals surface area contributed by atoms with Gasteiger partial charge in [0, 0.05) is 46.1 Å². The van der Waals surface area contributed by atoms with Gasteiger partial charge in [-0.25, -0.2) is 4.79 Å². The molecule has 0 bridgehead atoms. The third kappa shape index (κ3) is 2.78. The Kier molecular flexibility index (Phi) is 4.29. The van der Waals surface area contributed by atoms with Gasteiger partial charge in [-0.15, -0.1) is 0 Å². The molecule has 35 heavy (non-hydrogen) atoms. The minimum atomic E-state index is -1.07. The molecule has 4 nitrogen and oxygen atoms in total. The van der Waals surface area contributed by atoms with Gasteiger partial charge in [-0.1, -0.05) is 50.6 Å². The minimum absolute atomic E-state index is 0.159. The average molecular weight is 486 g/mol. The van der Waals surface area contributed by atoms with Crippen molar-refractivity contribution in [1.29, 1.82) is 0 Å². The minimum Gasteiger partial charge on any atom is -0.456 e. The van der Waals surface area contributed by atoms with Crippen LogP contribution in [0.4, 0.5) is 5.69 Å². The van der Waals surface area contributed by atoms with Gasteiger partial charge in [0.25, 0.3) is 0 Å². The highest BCUT2D eigenvalue weighted by atomic mass is 35.5. The molecule has 1 spiro atoms. The molecule has 3 aromatic rings. The fraction of sp³-hybridized carbons (Fsp3) is 0.367. The maximum atomic E-state index is 13.3. The standard InChI is InChI=1S/C30H28ClNO3/c1-29(2,3)21-16-25-22(15-24(21)31)30(20-11-5-4-9-18(20)28(33)35-30)23-14-17-8-6-12-32-13-7-10-19(26(17)32)27(23)34-25/h4-5,9,11,14-16H,6-8,10,12-13H2,1-3H3. The number of fused-ring (bicyclic) bond motifs is 7. The summed E-state index contributed by atoms with van der Waals surface area (Å²) < 4.78 is 13.2. The van der Waals surface area contributed by atoms with Gasteiger partial charge >= 0.3 is 5.97 Å². The van der Waals surface area contributed by atoms with E-state index in [0.717, 1.165) is 72.5 Å². The van der Waals surface area contributed by atoms with Crippen LogP contribution in [0.5, 0.6) is 11.5 Å². The maximum Gasteiger partial charge on any atom is 0.340 e. The van der Waals surface area contributed by atoms with Crippen LogP contribution in [0.15, 0.2) is 42.5 Å². The summed E-state index contributed by atoms with van der Waals surface area (Å²) in [7, 11) is 0. The second-order valence-corrected chi connectivity index (χ2v) is 11.6. The Morgan fingerprint density at radius 2 is 1.74 bits per heavy atom. The molecule has 7 rings (SSSR count). The molecule has 1 unspecified atom stereocenters. The topological polar surface area (TPSA) is 38.8 Å². The van der Waals surface area contributed by atoms with E-state index in [-0.39, 0.29) is 11.4 Å². The van der Waals surface area contributed by atoms with Crippen molar-refractivity contribution in [2.45, 2.75) is 57.5 Å². The van der Waals surface area contributed by atoms with Crippen LogP contribution < -0.4 is 9.64 Å². The van der Waals surface area contributed by atoms with Crippen LogP contribution in [-0.2, 0) is 28.6 Å². The van der Waals surface area contributed by atoms with Gasteiger partial charge in [-0.2, -0.15) is 0 Å². The summed E-state index contributed by atoms with van der Waals surface area (Å²) in [6, 6.07) is 14.0. The predicted molar refractivity (Wildman–Crippen MR) is 137 cm³/mol. The van der Waals surface area contributed by atoms with Crippen molar-refractivity contribution in [3.63, 3.8) is 0 Å². The van der Waals surface area contributed by atoms with Crippen molar-refractivity contribution in [2.24, 2.45) is 0 Å². The maximum absolute atomic E-state index is 13.3. The molecule has 0 N–H and O–H groups in total. The molecule has 3 aromatic carbocycles. The van der Waals surface area contributed by atoms with E-state index < -0.39 is 5.60 Å². The second-order valence-electron chi connectivity index (χ2n) is 11.2. The smallest absolute Gasteiger partial charge is 0.340 e. The van der Waals surface area contributed by atoms with Crippen molar-refractivity contribution in [2.75, 3.05) is 18.0 Å². The van der Waals surface area contributed by atoms with Crippen molar-refractivity contribution in [1.82, 2.24) is 0 Å². The summed E-state index contributed by atoms with van der Waals surface area (Å²) in [5.74, 6) is 1.28. The first-order chi connectivity index (χ1) is 16.8. The van der Waals surface area contributed by atoms with Crippen LogP contribution in [-0.4, -0.2) is 19.1 Å². The zero-order valence-electron chi connectivity index (χ0n) is 20.3. The lowest BCUT2D eigenvalue weighted by Crippen LogP contribution is -2.38. The second kappa shape index (κ2) is 7.04. The van der Waals surface area contributed by atoms with Crippen LogP contribution in [0, 0.1) is 0 Å². The Bertz CT molecular complexity index is 1430. The van der Waals surface area contributed by atoms with Gasteiger partial charge in [-0.3, -0.25) is 0 Å². The molecule has 1 atom stereocenters. The lowest BCUT2D eigenvalue weighted by atomic mass is 9.74. The van der Waals surface area contributed by atoms with Gasteiger partial charge in [-0.05, 0) is 66.5 Å². The Hall–Kier alpha value is -2.98. The van der Waals surface area contributed by atoms with Crippen molar-refractivity contribution < 1.29 is 14.3 Å². The summed E-state index contributed by atoms with van der Waals surface area (Å²) in [5.41, 5.74) is 6.91. The first-order valence-electron chi connectivity index (χ1n) is 12.6. The Morgan fingerprint density at radius 3 is 2.54 bits per heavy atom. The van der Waals surface area contributed by atoms with E-state index in [1.165, 1.54) is 16.8 Å². The fourth-order valence-electron chi connectivity index (χ4n) is 6.57. The molecule has 0 saturated heterocycles. The van der Waals surface area contributed by atoms with E-state index in [0.29, 0.717) is 10.6 Å². The largest absolute Gasteiger partial charge is 0.456 e. The molecule has 0 aliphatic carbocycles. The van der Waals surface area contributed by atoms with Gasteiger partial charge in [0.05, 0.1) is 5.56 Å². The molecule has 0 aromatic heterocycles. The first kappa shape index (κ1) is 21.3. The van der Waals surface area contributed by atoms with E-state index in [2.05, 4.69) is 37.8 Å². The lowest BCUT2D eigenvalue weighted by Gasteiger charge is -2.43.